The quantitative estimate of drug-likeness (QED) is 0.920. The van der Waals surface area contributed by atoms with Gasteiger partial charge in [-0.25, -0.2) is 0 Å². The van der Waals surface area contributed by atoms with Crippen molar-refractivity contribution >= 4 is 35.1 Å². The van der Waals surface area contributed by atoms with Crippen LogP contribution in [-0.4, -0.2) is 41.6 Å². The van der Waals surface area contributed by atoms with E-state index in [0.29, 0.717) is 16.6 Å². The molecule has 1 fully saturated rings. The van der Waals surface area contributed by atoms with Crippen molar-refractivity contribution in [2.24, 2.45) is 11.8 Å². The molecule has 0 saturated carbocycles. The number of carboxylic acids is 1. The molecule has 5 nitrogen and oxygen atoms in total. The number of hydrogen-bond donors (Lipinski definition) is 1. The summed E-state index contributed by atoms with van der Waals surface area (Å²) in [5.74, 6) is -1.50. The van der Waals surface area contributed by atoms with Gasteiger partial charge in [0.25, 0.3) is 5.91 Å². The summed E-state index contributed by atoms with van der Waals surface area (Å²) in [5.41, 5.74) is 0. The second-order valence-corrected chi connectivity index (χ2v) is 5.87. The Hall–Kier alpha value is -1.46. The molecule has 0 spiro atoms. The number of para-hydroxylation sites is 1. The number of likely N-dealkylation sites (tertiary alicyclic amines) is 1. The highest BCUT2D eigenvalue weighted by molar-refractivity contribution is 6.37. The van der Waals surface area contributed by atoms with E-state index in [-0.39, 0.29) is 30.7 Å². The van der Waals surface area contributed by atoms with E-state index in [1.807, 2.05) is 6.92 Å². The number of benzene rings is 1. The summed E-state index contributed by atoms with van der Waals surface area (Å²) in [5, 5.41) is 9.71. The summed E-state index contributed by atoms with van der Waals surface area (Å²) in [6.45, 7) is 2.21. The van der Waals surface area contributed by atoms with Crippen molar-refractivity contribution < 1.29 is 19.4 Å². The minimum absolute atomic E-state index is 0.0737. The zero-order valence-corrected chi connectivity index (χ0v) is 12.9. The average molecular weight is 332 g/mol. The predicted molar refractivity (Wildman–Crippen MR) is 78.8 cm³/mol. The molecular weight excluding hydrogens is 317 g/mol. The molecule has 0 radical (unpaired) electrons. The number of aliphatic carboxylic acids is 1. The fraction of sp³-hybridized carbons (Fsp3) is 0.429. The highest BCUT2D eigenvalue weighted by Crippen LogP contribution is 2.32. The number of rotatable bonds is 4. The lowest BCUT2D eigenvalue weighted by Crippen LogP contribution is -2.33. The van der Waals surface area contributed by atoms with Crippen molar-refractivity contribution in [2.75, 3.05) is 19.7 Å². The summed E-state index contributed by atoms with van der Waals surface area (Å²) >= 11 is 11.9. The van der Waals surface area contributed by atoms with Gasteiger partial charge in [0.15, 0.2) is 12.4 Å². The van der Waals surface area contributed by atoms with Gasteiger partial charge in [-0.2, -0.15) is 0 Å². The van der Waals surface area contributed by atoms with Crippen molar-refractivity contribution in [1.29, 1.82) is 0 Å². The van der Waals surface area contributed by atoms with Gasteiger partial charge in [0, 0.05) is 13.1 Å². The largest absolute Gasteiger partial charge is 0.481 e. The van der Waals surface area contributed by atoms with Crippen molar-refractivity contribution in [1.82, 2.24) is 4.90 Å². The Bertz CT molecular complexity index is 544. The summed E-state index contributed by atoms with van der Waals surface area (Å²) in [6, 6.07) is 4.91. The Balaban J connectivity index is 1.96. The number of hydrogen-bond acceptors (Lipinski definition) is 3. The van der Waals surface area contributed by atoms with E-state index in [9.17, 15) is 9.59 Å². The average Bonchev–Trinajstić information content (AvgIpc) is 2.80. The smallest absolute Gasteiger partial charge is 0.308 e. The molecule has 114 valence electrons. The van der Waals surface area contributed by atoms with E-state index in [0.717, 1.165) is 0 Å². The van der Waals surface area contributed by atoms with Crippen LogP contribution in [0.3, 0.4) is 0 Å². The van der Waals surface area contributed by atoms with Gasteiger partial charge in [-0.3, -0.25) is 9.59 Å². The molecule has 2 atom stereocenters. The second-order valence-electron chi connectivity index (χ2n) is 5.06. The first-order chi connectivity index (χ1) is 9.90. The number of nitrogens with zero attached hydrogens (tertiary/aromatic N) is 1. The third-order valence-corrected chi connectivity index (χ3v) is 4.14. The topological polar surface area (TPSA) is 66.8 Å². The molecule has 7 heteroatoms. The molecular formula is C14H15Cl2NO4. The third-order valence-electron chi connectivity index (χ3n) is 3.54. The number of carbonyl (C=O) groups is 2. The Kier molecular flexibility index (Phi) is 4.96. The molecule has 1 aromatic rings. The lowest BCUT2D eigenvalue weighted by atomic mass is 9.99. The van der Waals surface area contributed by atoms with Gasteiger partial charge in [0.05, 0.1) is 16.0 Å². The first kappa shape index (κ1) is 15.9. The minimum Gasteiger partial charge on any atom is -0.481 e. The Morgan fingerprint density at radius 1 is 1.33 bits per heavy atom. The van der Waals surface area contributed by atoms with Crippen molar-refractivity contribution in [2.45, 2.75) is 6.92 Å². The third kappa shape index (κ3) is 3.60. The maximum atomic E-state index is 12.1. The van der Waals surface area contributed by atoms with E-state index >= 15 is 0 Å². The van der Waals surface area contributed by atoms with Crippen molar-refractivity contribution in [3.63, 3.8) is 0 Å². The summed E-state index contributed by atoms with van der Waals surface area (Å²) in [4.78, 5) is 24.6. The fourth-order valence-electron chi connectivity index (χ4n) is 2.34. The van der Waals surface area contributed by atoms with E-state index < -0.39 is 11.9 Å². The molecule has 0 aliphatic carbocycles. The molecule has 1 aliphatic heterocycles. The van der Waals surface area contributed by atoms with E-state index in [1.165, 1.54) is 4.90 Å². The molecule has 1 saturated heterocycles. The van der Waals surface area contributed by atoms with Gasteiger partial charge in [0.1, 0.15) is 0 Å². The highest BCUT2D eigenvalue weighted by atomic mass is 35.5. The number of amides is 1. The molecule has 1 N–H and O–H groups in total. The van der Waals surface area contributed by atoms with E-state index in [2.05, 4.69) is 0 Å². The first-order valence-corrected chi connectivity index (χ1v) is 7.23. The lowest BCUT2D eigenvalue weighted by molar-refractivity contribution is -0.142. The second kappa shape index (κ2) is 6.54. The molecule has 2 rings (SSSR count). The first-order valence-electron chi connectivity index (χ1n) is 6.47. The number of carbonyl (C=O) groups excluding carboxylic acids is 1. The molecule has 21 heavy (non-hydrogen) atoms. The molecule has 0 bridgehead atoms. The van der Waals surface area contributed by atoms with Crippen LogP contribution in [0.1, 0.15) is 6.92 Å². The van der Waals surface area contributed by atoms with Gasteiger partial charge in [-0.05, 0) is 18.1 Å². The minimum atomic E-state index is -0.882. The fourth-order valence-corrected chi connectivity index (χ4v) is 2.84. The SMILES string of the molecule is C[C@@H]1CN(C(=O)COc2c(Cl)cccc2Cl)C[C@H]1C(=O)O. The van der Waals surface area contributed by atoms with Gasteiger partial charge >= 0.3 is 5.97 Å². The molecule has 1 amide bonds. The van der Waals surface area contributed by atoms with Crippen molar-refractivity contribution in [3.05, 3.63) is 28.2 Å². The molecule has 0 aromatic heterocycles. The number of halogens is 2. The van der Waals surface area contributed by atoms with Gasteiger partial charge < -0.3 is 14.7 Å². The Morgan fingerprint density at radius 3 is 2.48 bits per heavy atom. The van der Waals surface area contributed by atoms with E-state index in [4.69, 9.17) is 33.0 Å². The summed E-state index contributed by atoms with van der Waals surface area (Å²) in [7, 11) is 0. The van der Waals surface area contributed by atoms with Crippen LogP contribution < -0.4 is 4.74 Å². The highest BCUT2D eigenvalue weighted by Gasteiger charge is 2.36. The van der Waals surface area contributed by atoms with Crippen LogP contribution in [0.5, 0.6) is 5.75 Å². The van der Waals surface area contributed by atoms with Crippen LogP contribution in [0.4, 0.5) is 0 Å². The monoisotopic (exact) mass is 331 g/mol. The standard InChI is InChI=1S/C14H15Cl2NO4/c1-8-5-17(6-9(8)14(19)20)12(18)7-21-13-10(15)3-2-4-11(13)16/h2-4,8-9H,5-7H2,1H3,(H,19,20)/t8-,9-/m1/s1. The molecule has 1 heterocycles. The van der Waals surface area contributed by atoms with Crippen LogP contribution in [0, 0.1) is 11.8 Å². The lowest BCUT2D eigenvalue weighted by Gasteiger charge is -2.17. The summed E-state index contributed by atoms with van der Waals surface area (Å²) < 4.78 is 5.37. The maximum absolute atomic E-state index is 12.1. The van der Waals surface area contributed by atoms with Gasteiger partial charge in [-0.1, -0.05) is 36.2 Å². The predicted octanol–water partition coefficient (Wildman–Crippen LogP) is 2.55. The Morgan fingerprint density at radius 2 is 1.95 bits per heavy atom. The van der Waals surface area contributed by atoms with Crippen molar-refractivity contribution in [3.8, 4) is 5.75 Å². The molecule has 0 unspecified atom stereocenters. The summed E-state index contributed by atoms with van der Waals surface area (Å²) in [6.07, 6.45) is 0. The normalized spacial score (nSPS) is 21.4. The van der Waals surface area contributed by atoms with Gasteiger partial charge in [0.2, 0.25) is 0 Å². The van der Waals surface area contributed by atoms with Crippen LogP contribution in [0.15, 0.2) is 18.2 Å². The number of ether oxygens (including phenoxy) is 1. The Labute approximate surface area is 132 Å². The molecule has 1 aromatic carbocycles. The molecule has 1 aliphatic rings. The zero-order chi connectivity index (χ0) is 15.6. The van der Waals surface area contributed by atoms with E-state index in [1.54, 1.807) is 18.2 Å². The van der Waals surface area contributed by atoms with Crippen LogP contribution >= 0.6 is 23.2 Å². The number of carboxylic acid groups (broad SMARTS) is 1. The van der Waals surface area contributed by atoms with Crippen LogP contribution in [0.25, 0.3) is 0 Å². The van der Waals surface area contributed by atoms with Crippen LogP contribution in [0.2, 0.25) is 10.0 Å². The van der Waals surface area contributed by atoms with Gasteiger partial charge in [-0.15, -0.1) is 0 Å². The zero-order valence-electron chi connectivity index (χ0n) is 11.4. The van der Waals surface area contributed by atoms with Crippen LogP contribution in [-0.2, 0) is 9.59 Å². The maximum Gasteiger partial charge on any atom is 0.308 e.